The Labute approximate surface area is 185 Å². The third-order valence-electron chi connectivity index (χ3n) is 5.55. The topological polar surface area (TPSA) is 86.7 Å². The number of nitrogens with one attached hydrogen (secondary N) is 1. The monoisotopic (exact) mass is 470 g/mol. The first kappa shape index (κ1) is 24.2. The van der Waals surface area contributed by atoms with Crippen molar-refractivity contribution in [3.63, 3.8) is 0 Å². The minimum Gasteiger partial charge on any atom is -0.387 e. The molecule has 2 aromatic rings. The molecule has 1 amide bonds. The summed E-state index contributed by atoms with van der Waals surface area (Å²) in [5, 5.41) is 12.6. The molecule has 0 bridgehead atoms. The molecule has 0 radical (unpaired) electrons. The normalized spacial score (nSPS) is 17.2. The standard InChI is InChI=1S/C22H25F3N2O4S/c1-15-9-11-27(12-10-15)32(30,31)19-7-5-16(6-8-19)21(29)26-14-20(28)17-3-2-4-18(13-17)22(23,24)25/h2-8,13,15,20,28H,9-12,14H2,1H3,(H,26,29). The molecule has 174 valence electrons. The third kappa shape index (κ3) is 5.67. The number of alkyl halides is 3. The van der Waals surface area contributed by atoms with E-state index < -0.39 is 33.8 Å². The van der Waals surface area contributed by atoms with Gasteiger partial charge in [-0.3, -0.25) is 4.79 Å². The summed E-state index contributed by atoms with van der Waals surface area (Å²) in [7, 11) is -3.64. The summed E-state index contributed by atoms with van der Waals surface area (Å²) in [4.78, 5) is 12.4. The molecule has 0 aliphatic carbocycles. The number of aliphatic hydroxyl groups is 1. The molecule has 0 spiro atoms. The lowest BCUT2D eigenvalue weighted by molar-refractivity contribution is -0.137. The fraction of sp³-hybridized carbons (Fsp3) is 0.409. The van der Waals surface area contributed by atoms with E-state index in [-0.39, 0.29) is 22.6 Å². The fourth-order valence-corrected chi connectivity index (χ4v) is 4.95. The van der Waals surface area contributed by atoms with Crippen LogP contribution in [0.3, 0.4) is 0 Å². The van der Waals surface area contributed by atoms with Gasteiger partial charge in [0, 0.05) is 25.2 Å². The van der Waals surface area contributed by atoms with E-state index in [1.807, 2.05) is 0 Å². The Bertz CT molecular complexity index is 1050. The zero-order chi connectivity index (χ0) is 23.5. The molecule has 0 aromatic heterocycles. The first-order valence-corrected chi connectivity index (χ1v) is 11.7. The third-order valence-corrected chi connectivity index (χ3v) is 7.46. The summed E-state index contributed by atoms with van der Waals surface area (Å²) in [6.07, 6.45) is -4.27. The molecule has 1 atom stereocenters. The van der Waals surface area contributed by atoms with Crippen molar-refractivity contribution in [2.75, 3.05) is 19.6 Å². The van der Waals surface area contributed by atoms with Crippen molar-refractivity contribution in [3.8, 4) is 0 Å². The molecule has 0 saturated carbocycles. The highest BCUT2D eigenvalue weighted by Gasteiger charge is 2.31. The second kappa shape index (κ2) is 9.60. The summed E-state index contributed by atoms with van der Waals surface area (Å²) in [6, 6.07) is 9.69. The molecule has 10 heteroatoms. The Hall–Kier alpha value is -2.43. The number of aliphatic hydroxyl groups excluding tert-OH is 1. The van der Waals surface area contributed by atoms with Crippen LogP contribution in [0.25, 0.3) is 0 Å². The predicted octanol–water partition coefficient (Wildman–Crippen LogP) is 3.59. The van der Waals surface area contributed by atoms with Gasteiger partial charge >= 0.3 is 6.18 Å². The zero-order valence-corrected chi connectivity index (χ0v) is 18.3. The van der Waals surface area contributed by atoms with Gasteiger partial charge in [-0.15, -0.1) is 0 Å². The van der Waals surface area contributed by atoms with E-state index in [0.29, 0.717) is 19.0 Å². The van der Waals surface area contributed by atoms with Gasteiger partial charge in [0.25, 0.3) is 5.91 Å². The molecular formula is C22H25F3N2O4S. The number of carbonyl (C=O) groups excluding carboxylic acids is 1. The van der Waals surface area contributed by atoms with Crippen LogP contribution >= 0.6 is 0 Å². The molecule has 32 heavy (non-hydrogen) atoms. The van der Waals surface area contributed by atoms with Gasteiger partial charge in [0.2, 0.25) is 10.0 Å². The molecule has 1 aliphatic heterocycles. The van der Waals surface area contributed by atoms with Crippen molar-refractivity contribution >= 4 is 15.9 Å². The maximum absolute atomic E-state index is 12.8. The van der Waals surface area contributed by atoms with Gasteiger partial charge in [0.15, 0.2) is 0 Å². The smallest absolute Gasteiger partial charge is 0.387 e. The van der Waals surface area contributed by atoms with Crippen LogP contribution in [0.2, 0.25) is 0 Å². The molecule has 2 aromatic carbocycles. The van der Waals surface area contributed by atoms with Gasteiger partial charge in [-0.05, 0) is 60.7 Å². The molecule has 1 heterocycles. The first-order valence-electron chi connectivity index (χ1n) is 10.2. The summed E-state index contributed by atoms with van der Waals surface area (Å²) in [5.74, 6) is -0.0921. The highest BCUT2D eigenvalue weighted by Crippen LogP contribution is 2.30. The van der Waals surface area contributed by atoms with Crippen LogP contribution in [0, 0.1) is 5.92 Å². The Morgan fingerprint density at radius 3 is 2.38 bits per heavy atom. The zero-order valence-electron chi connectivity index (χ0n) is 17.5. The van der Waals surface area contributed by atoms with Crippen molar-refractivity contribution in [1.29, 1.82) is 0 Å². The largest absolute Gasteiger partial charge is 0.416 e. The quantitative estimate of drug-likeness (QED) is 0.676. The SMILES string of the molecule is CC1CCN(S(=O)(=O)c2ccc(C(=O)NCC(O)c3cccc(C(F)(F)F)c3)cc2)CC1. The van der Waals surface area contributed by atoms with Gasteiger partial charge in [0.1, 0.15) is 0 Å². The van der Waals surface area contributed by atoms with Crippen molar-refractivity contribution in [2.45, 2.75) is 36.9 Å². The number of hydrogen-bond donors (Lipinski definition) is 2. The van der Waals surface area contributed by atoms with E-state index >= 15 is 0 Å². The van der Waals surface area contributed by atoms with Crippen LogP contribution < -0.4 is 5.32 Å². The second-order valence-corrected chi connectivity index (χ2v) is 9.90. The minimum atomic E-state index is -4.53. The summed E-state index contributed by atoms with van der Waals surface area (Å²) >= 11 is 0. The molecule has 1 saturated heterocycles. The van der Waals surface area contributed by atoms with Crippen LogP contribution in [-0.2, 0) is 16.2 Å². The van der Waals surface area contributed by atoms with Crippen LogP contribution in [0.15, 0.2) is 53.4 Å². The highest BCUT2D eigenvalue weighted by molar-refractivity contribution is 7.89. The Kier molecular flexibility index (Phi) is 7.26. The molecule has 1 aliphatic rings. The number of amides is 1. The van der Waals surface area contributed by atoms with Crippen molar-refractivity contribution < 1.29 is 31.5 Å². The lowest BCUT2D eigenvalue weighted by Crippen LogP contribution is -2.37. The van der Waals surface area contributed by atoms with Gasteiger partial charge in [-0.2, -0.15) is 17.5 Å². The van der Waals surface area contributed by atoms with E-state index in [1.165, 1.54) is 40.7 Å². The lowest BCUT2D eigenvalue weighted by Gasteiger charge is -2.29. The summed E-state index contributed by atoms with van der Waals surface area (Å²) in [6.45, 7) is 2.70. The van der Waals surface area contributed by atoms with Crippen molar-refractivity contribution in [2.24, 2.45) is 5.92 Å². The summed E-state index contributed by atoms with van der Waals surface area (Å²) < 4.78 is 65.4. The first-order chi connectivity index (χ1) is 15.0. The fourth-order valence-electron chi connectivity index (χ4n) is 3.48. The molecule has 6 nitrogen and oxygen atoms in total. The second-order valence-electron chi connectivity index (χ2n) is 7.96. The van der Waals surface area contributed by atoms with Crippen molar-refractivity contribution in [3.05, 3.63) is 65.2 Å². The van der Waals surface area contributed by atoms with E-state index in [2.05, 4.69) is 12.2 Å². The van der Waals surface area contributed by atoms with Crippen LogP contribution in [0.4, 0.5) is 13.2 Å². The van der Waals surface area contributed by atoms with E-state index in [0.717, 1.165) is 25.0 Å². The number of carbonyl (C=O) groups is 1. The van der Waals surface area contributed by atoms with Gasteiger partial charge in [0.05, 0.1) is 16.6 Å². The number of benzene rings is 2. The Balaban J connectivity index is 1.61. The maximum atomic E-state index is 12.8. The number of sulfonamides is 1. The van der Waals surface area contributed by atoms with Crippen LogP contribution in [0.1, 0.15) is 47.4 Å². The van der Waals surface area contributed by atoms with Gasteiger partial charge in [-0.1, -0.05) is 19.1 Å². The van der Waals surface area contributed by atoms with Gasteiger partial charge < -0.3 is 10.4 Å². The summed E-state index contributed by atoms with van der Waals surface area (Å²) in [5.41, 5.74) is -0.690. The number of rotatable bonds is 6. The molecule has 1 fully saturated rings. The van der Waals surface area contributed by atoms with Crippen LogP contribution in [-0.4, -0.2) is 43.4 Å². The number of nitrogens with zero attached hydrogens (tertiary/aromatic N) is 1. The Morgan fingerprint density at radius 2 is 1.78 bits per heavy atom. The average molecular weight is 471 g/mol. The molecular weight excluding hydrogens is 445 g/mol. The van der Waals surface area contributed by atoms with Gasteiger partial charge in [-0.25, -0.2) is 8.42 Å². The maximum Gasteiger partial charge on any atom is 0.416 e. The van der Waals surface area contributed by atoms with E-state index in [4.69, 9.17) is 0 Å². The predicted molar refractivity (Wildman–Crippen MR) is 112 cm³/mol. The Morgan fingerprint density at radius 1 is 1.16 bits per heavy atom. The van der Waals surface area contributed by atoms with Crippen molar-refractivity contribution in [1.82, 2.24) is 9.62 Å². The van der Waals surface area contributed by atoms with E-state index in [9.17, 15) is 31.5 Å². The molecule has 3 rings (SSSR count). The number of halogens is 3. The lowest BCUT2D eigenvalue weighted by atomic mass is 10.0. The minimum absolute atomic E-state index is 0.0254. The average Bonchev–Trinajstić information content (AvgIpc) is 2.77. The van der Waals surface area contributed by atoms with Crippen LogP contribution in [0.5, 0.6) is 0 Å². The van der Waals surface area contributed by atoms with E-state index in [1.54, 1.807) is 0 Å². The molecule has 1 unspecified atom stereocenters. The number of piperidine rings is 1. The molecule has 2 N–H and O–H groups in total. The number of hydrogen-bond acceptors (Lipinski definition) is 4. The highest BCUT2D eigenvalue weighted by atomic mass is 32.2.